The zero-order valence-corrected chi connectivity index (χ0v) is 13.4. The summed E-state index contributed by atoms with van der Waals surface area (Å²) in [6.45, 7) is 0.716. The van der Waals surface area contributed by atoms with Gasteiger partial charge in [-0.05, 0) is 37.0 Å². The van der Waals surface area contributed by atoms with Crippen molar-refractivity contribution in [3.8, 4) is 0 Å². The van der Waals surface area contributed by atoms with E-state index in [0.717, 1.165) is 40.4 Å². The molecular weight excluding hydrogens is 348 g/mol. The van der Waals surface area contributed by atoms with Crippen LogP contribution in [0.3, 0.4) is 0 Å². The van der Waals surface area contributed by atoms with Crippen LogP contribution in [0.2, 0.25) is 0 Å². The second-order valence-electron chi connectivity index (χ2n) is 6.36. The molecule has 114 valence electrons. The van der Waals surface area contributed by atoms with E-state index >= 15 is 0 Å². The number of aromatic nitrogens is 1. The van der Waals surface area contributed by atoms with E-state index < -0.39 is 5.97 Å². The van der Waals surface area contributed by atoms with Crippen LogP contribution >= 0.6 is 15.9 Å². The largest absolute Gasteiger partial charge is 0.478 e. The number of H-pyrrole nitrogens is 1. The van der Waals surface area contributed by atoms with Gasteiger partial charge >= 0.3 is 5.97 Å². The standard InChI is InChI=1S/C16H15BrN2O3/c17-10-2-1-8(15(21)22)14-13(10)9-5-16(4-3-11(9)19-14)6-12(20)18-7-16/h1-2,19H,3-7H2,(H,18,20)(H,21,22). The van der Waals surface area contributed by atoms with Crippen LogP contribution in [-0.2, 0) is 17.6 Å². The number of amides is 1. The highest BCUT2D eigenvalue weighted by atomic mass is 79.9. The van der Waals surface area contributed by atoms with Crippen molar-refractivity contribution in [2.24, 2.45) is 5.41 Å². The summed E-state index contributed by atoms with van der Waals surface area (Å²) < 4.78 is 0.902. The number of aromatic amines is 1. The molecule has 4 rings (SSSR count). The van der Waals surface area contributed by atoms with Gasteiger partial charge in [0.15, 0.2) is 0 Å². The molecule has 1 spiro atoms. The topological polar surface area (TPSA) is 82.2 Å². The van der Waals surface area contributed by atoms with Gasteiger partial charge in [0.25, 0.3) is 0 Å². The molecule has 2 aliphatic rings. The Hall–Kier alpha value is -1.82. The van der Waals surface area contributed by atoms with Crippen molar-refractivity contribution in [3.05, 3.63) is 33.4 Å². The summed E-state index contributed by atoms with van der Waals surface area (Å²) in [5, 5.41) is 13.3. The third-order valence-corrected chi connectivity index (χ3v) is 5.64. The Labute approximate surface area is 135 Å². The third kappa shape index (κ3) is 1.90. The SMILES string of the molecule is O=C1CC2(CCc3[nH]c4c(C(=O)O)ccc(Br)c4c3C2)CN1. The highest BCUT2D eigenvalue weighted by Gasteiger charge is 2.42. The van der Waals surface area contributed by atoms with Gasteiger partial charge in [-0.15, -0.1) is 0 Å². The lowest BCUT2D eigenvalue weighted by Gasteiger charge is -2.31. The van der Waals surface area contributed by atoms with Gasteiger partial charge in [0.05, 0.1) is 11.1 Å². The molecule has 1 unspecified atom stereocenters. The molecule has 1 aliphatic carbocycles. The molecule has 1 fully saturated rings. The smallest absolute Gasteiger partial charge is 0.337 e. The molecule has 1 amide bonds. The molecule has 1 aromatic carbocycles. The van der Waals surface area contributed by atoms with E-state index in [1.54, 1.807) is 12.1 Å². The number of carboxylic acids is 1. The molecule has 1 aliphatic heterocycles. The summed E-state index contributed by atoms with van der Waals surface area (Å²) in [6, 6.07) is 3.41. The van der Waals surface area contributed by atoms with Crippen LogP contribution in [0.4, 0.5) is 0 Å². The number of fused-ring (bicyclic) bond motifs is 3. The van der Waals surface area contributed by atoms with E-state index in [1.165, 1.54) is 0 Å². The van der Waals surface area contributed by atoms with Crippen molar-refractivity contribution in [1.29, 1.82) is 0 Å². The number of hydrogen-bond donors (Lipinski definition) is 3. The lowest BCUT2D eigenvalue weighted by Crippen LogP contribution is -2.30. The van der Waals surface area contributed by atoms with E-state index in [4.69, 9.17) is 0 Å². The molecule has 0 saturated carbocycles. The molecule has 1 atom stereocenters. The van der Waals surface area contributed by atoms with Crippen LogP contribution in [0.5, 0.6) is 0 Å². The van der Waals surface area contributed by atoms with Gasteiger partial charge in [-0.1, -0.05) is 15.9 Å². The fourth-order valence-corrected chi connectivity index (χ4v) is 4.44. The van der Waals surface area contributed by atoms with Crippen LogP contribution in [0.25, 0.3) is 10.9 Å². The number of benzene rings is 1. The first-order valence-corrected chi connectivity index (χ1v) is 8.10. The normalized spacial score (nSPS) is 23.8. The van der Waals surface area contributed by atoms with E-state index in [2.05, 4.69) is 26.2 Å². The van der Waals surface area contributed by atoms with E-state index in [1.807, 2.05) is 0 Å². The molecular formula is C16H15BrN2O3. The van der Waals surface area contributed by atoms with Gasteiger partial charge in [0.1, 0.15) is 0 Å². The lowest BCUT2D eigenvalue weighted by molar-refractivity contribution is -0.119. The minimum atomic E-state index is -0.927. The van der Waals surface area contributed by atoms with Gasteiger partial charge in [-0.3, -0.25) is 4.79 Å². The van der Waals surface area contributed by atoms with Crippen LogP contribution < -0.4 is 5.32 Å². The lowest BCUT2D eigenvalue weighted by atomic mass is 9.72. The summed E-state index contributed by atoms with van der Waals surface area (Å²) in [7, 11) is 0. The molecule has 3 N–H and O–H groups in total. The molecule has 1 saturated heterocycles. The Morgan fingerprint density at radius 1 is 1.32 bits per heavy atom. The number of aryl methyl sites for hydroxylation is 1. The summed E-state index contributed by atoms with van der Waals surface area (Å²) >= 11 is 3.55. The number of carbonyl (C=O) groups is 2. The van der Waals surface area contributed by atoms with Crippen LogP contribution in [0, 0.1) is 5.41 Å². The number of halogens is 1. The predicted octanol–water partition coefficient (Wildman–Crippen LogP) is 2.62. The molecule has 6 heteroatoms. The Kier molecular flexibility index (Phi) is 2.88. The zero-order valence-electron chi connectivity index (χ0n) is 11.8. The van der Waals surface area contributed by atoms with Gasteiger partial charge in [-0.2, -0.15) is 0 Å². The van der Waals surface area contributed by atoms with Crippen molar-refractivity contribution in [2.75, 3.05) is 6.54 Å². The quantitative estimate of drug-likeness (QED) is 0.729. The van der Waals surface area contributed by atoms with Crippen molar-refractivity contribution < 1.29 is 14.7 Å². The minimum Gasteiger partial charge on any atom is -0.478 e. The Morgan fingerprint density at radius 3 is 2.82 bits per heavy atom. The zero-order chi connectivity index (χ0) is 15.5. The minimum absolute atomic E-state index is 0.0160. The Balaban J connectivity index is 1.90. The molecule has 2 heterocycles. The molecule has 22 heavy (non-hydrogen) atoms. The van der Waals surface area contributed by atoms with Crippen LogP contribution in [-0.4, -0.2) is 28.5 Å². The summed E-state index contributed by atoms with van der Waals surface area (Å²) in [5.41, 5.74) is 3.23. The van der Waals surface area contributed by atoms with Crippen molar-refractivity contribution in [3.63, 3.8) is 0 Å². The van der Waals surface area contributed by atoms with Crippen LogP contribution in [0.1, 0.15) is 34.5 Å². The summed E-state index contributed by atoms with van der Waals surface area (Å²) in [6.07, 6.45) is 3.17. The van der Waals surface area contributed by atoms with Crippen molar-refractivity contribution in [2.45, 2.75) is 25.7 Å². The third-order valence-electron chi connectivity index (χ3n) is 4.98. The molecule has 0 radical (unpaired) electrons. The fraction of sp³-hybridized carbons (Fsp3) is 0.375. The first kappa shape index (κ1) is 13.8. The van der Waals surface area contributed by atoms with Crippen molar-refractivity contribution in [1.82, 2.24) is 10.3 Å². The molecule has 5 nitrogen and oxygen atoms in total. The van der Waals surface area contributed by atoms with E-state index in [0.29, 0.717) is 24.0 Å². The van der Waals surface area contributed by atoms with Gasteiger partial charge < -0.3 is 15.4 Å². The number of carbonyl (C=O) groups excluding carboxylic acids is 1. The highest BCUT2D eigenvalue weighted by Crippen LogP contribution is 2.44. The molecule has 0 bridgehead atoms. The monoisotopic (exact) mass is 362 g/mol. The van der Waals surface area contributed by atoms with E-state index in [9.17, 15) is 14.7 Å². The Bertz CT molecular complexity index is 826. The van der Waals surface area contributed by atoms with Gasteiger partial charge in [-0.25, -0.2) is 4.79 Å². The van der Waals surface area contributed by atoms with E-state index in [-0.39, 0.29) is 11.3 Å². The average molecular weight is 363 g/mol. The molecule has 2 aromatic rings. The second kappa shape index (κ2) is 4.59. The molecule has 1 aromatic heterocycles. The second-order valence-corrected chi connectivity index (χ2v) is 7.22. The first-order valence-electron chi connectivity index (χ1n) is 7.31. The van der Waals surface area contributed by atoms with Crippen molar-refractivity contribution >= 4 is 38.7 Å². The first-order chi connectivity index (χ1) is 10.5. The number of aromatic carboxylic acids is 1. The number of rotatable bonds is 1. The maximum atomic E-state index is 11.6. The summed E-state index contributed by atoms with van der Waals surface area (Å²) in [5.74, 6) is -0.808. The fourth-order valence-electron chi connectivity index (χ4n) is 3.87. The number of hydrogen-bond acceptors (Lipinski definition) is 2. The Morgan fingerprint density at radius 2 is 2.14 bits per heavy atom. The maximum Gasteiger partial charge on any atom is 0.337 e. The summed E-state index contributed by atoms with van der Waals surface area (Å²) in [4.78, 5) is 26.4. The average Bonchev–Trinajstić information content (AvgIpc) is 3.01. The van der Waals surface area contributed by atoms with Gasteiger partial charge in [0.2, 0.25) is 5.91 Å². The van der Waals surface area contributed by atoms with Gasteiger partial charge in [0, 0.05) is 33.9 Å². The number of nitrogens with one attached hydrogen (secondary N) is 2. The highest BCUT2D eigenvalue weighted by molar-refractivity contribution is 9.10. The maximum absolute atomic E-state index is 11.6. The predicted molar refractivity (Wildman–Crippen MR) is 85.0 cm³/mol. The van der Waals surface area contributed by atoms with Crippen LogP contribution in [0.15, 0.2) is 16.6 Å². The number of carboxylic acid groups (broad SMARTS) is 1.